The van der Waals surface area contributed by atoms with Crippen molar-refractivity contribution in [3.8, 4) is 5.75 Å². The molecule has 1 N–H and O–H groups in total. The fraction of sp³-hybridized carbons (Fsp3) is 0.240. The van der Waals surface area contributed by atoms with Gasteiger partial charge in [-0.05, 0) is 42.2 Å². The van der Waals surface area contributed by atoms with Crippen LogP contribution >= 0.6 is 11.6 Å². The predicted molar refractivity (Wildman–Crippen MR) is 134 cm³/mol. The van der Waals surface area contributed by atoms with Gasteiger partial charge < -0.3 is 4.74 Å². The number of hydrogen-bond acceptors (Lipinski definition) is 6. The summed E-state index contributed by atoms with van der Waals surface area (Å²) in [5.74, 6) is -1.02. The van der Waals surface area contributed by atoms with Crippen LogP contribution in [0, 0.1) is 0 Å². The minimum Gasteiger partial charge on any atom is -0.492 e. The van der Waals surface area contributed by atoms with Crippen molar-refractivity contribution in [1.82, 2.24) is 4.98 Å². The van der Waals surface area contributed by atoms with Crippen LogP contribution in [0.25, 0.3) is 0 Å². The molecular weight excluding hydrogens is 490 g/mol. The van der Waals surface area contributed by atoms with Crippen molar-refractivity contribution < 1.29 is 22.7 Å². The highest BCUT2D eigenvalue weighted by molar-refractivity contribution is 7.92. The third-order valence-corrected chi connectivity index (χ3v) is 7.23. The van der Waals surface area contributed by atoms with Gasteiger partial charge in [0.1, 0.15) is 5.75 Å². The summed E-state index contributed by atoms with van der Waals surface area (Å²) in [4.78, 5) is 31.5. The fourth-order valence-corrected chi connectivity index (χ4v) is 5.07. The van der Waals surface area contributed by atoms with Crippen molar-refractivity contribution in [2.45, 2.75) is 38.0 Å². The van der Waals surface area contributed by atoms with Crippen LogP contribution in [0.15, 0.2) is 59.8 Å². The van der Waals surface area contributed by atoms with Gasteiger partial charge in [0.2, 0.25) is 0 Å². The van der Waals surface area contributed by atoms with E-state index in [1.165, 1.54) is 42.7 Å². The Kier molecular flexibility index (Phi) is 6.33. The minimum atomic E-state index is -4.05. The van der Waals surface area contributed by atoms with Gasteiger partial charge in [0.15, 0.2) is 0 Å². The molecule has 0 unspecified atom stereocenters. The summed E-state index contributed by atoms with van der Waals surface area (Å²) in [6.45, 7) is 8.25. The van der Waals surface area contributed by atoms with E-state index in [9.17, 15) is 18.0 Å². The first kappa shape index (κ1) is 24.7. The summed E-state index contributed by atoms with van der Waals surface area (Å²) in [6.07, 6.45) is 2.81. The number of fused-ring (bicyclic) bond motifs is 1. The van der Waals surface area contributed by atoms with Crippen LogP contribution in [0.1, 0.15) is 54.0 Å². The van der Waals surface area contributed by atoms with E-state index in [1.54, 1.807) is 19.1 Å². The molecule has 182 valence electrons. The molecule has 0 bridgehead atoms. The summed E-state index contributed by atoms with van der Waals surface area (Å²) in [7, 11) is -4.05. The molecule has 1 aliphatic rings. The zero-order valence-corrected chi connectivity index (χ0v) is 21.2. The average molecular weight is 514 g/mol. The molecule has 10 heteroatoms. The molecule has 3 aromatic rings. The first-order valence-corrected chi connectivity index (χ1v) is 12.7. The molecule has 1 aliphatic heterocycles. The molecule has 2 heterocycles. The average Bonchev–Trinajstić information content (AvgIpc) is 3.07. The first-order valence-electron chi connectivity index (χ1n) is 10.9. The number of rotatable bonds is 6. The van der Waals surface area contributed by atoms with Gasteiger partial charge in [0.25, 0.3) is 21.8 Å². The third kappa shape index (κ3) is 4.61. The number of aromatic nitrogens is 1. The number of benzene rings is 2. The van der Waals surface area contributed by atoms with Crippen molar-refractivity contribution in [3.63, 3.8) is 0 Å². The molecule has 0 spiro atoms. The highest BCUT2D eigenvalue weighted by Crippen LogP contribution is 2.38. The predicted octanol–water partition coefficient (Wildman–Crippen LogP) is 5.03. The number of ether oxygens (including phenoxy) is 1. The van der Waals surface area contributed by atoms with Gasteiger partial charge in [-0.2, -0.15) is 0 Å². The van der Waals surface area contributed by atoms with Gasteiger partial charge in [-0.15, -0.1) is 0 Å². The fourth-order valence-electron chi connectivity index (χ4n) is 3.76. The lowest BCUT2D eigenvalue weighted by atomic mass is 9.87. The number of carbonyl (C=O) groups is 2. The van der Waals surface area contributed by atoms with Crippen LogP contribution in [-0.2, 0) is 15.4 Å². The number of sulfonamides is 1. The number of nitrogens with one attached hydrogen (secondary N) is 1. The summed E-state index contributed by atoms with van der Waals surface area (Å²) in [5, 5.41) is 0.0345. The van der Waals surface area contributed by atoms with Gasteiger partial charge in [0.05, 0.1) is 51.4 Å². The van der Waals surface area contributed by atoms with Crippen molar-refractivity contribution in [3.05, 3.63) is 76.6 Å². The number of pyridine rings is 1. The SMILES string of the molecule is CCOc1cncc(N2C(=O)c3c(Cl)ccc(NS(=O)(=O)c4ccc(C(C)(C)C)cc4)c3C2=O)c1. The molecule has 2 aromatic carbocycles. The van der Waals surface area contributed by atoms with Gasteiger partial charge >= 0.3 is 0 Å². The molecule has 0 aliphatic carbocycles. The lowest BCUT2D eigenvalue weighted by molar-refractivity contribution is 0.0926. The van der Waals surface area contributed by atoms with Gasteiger partial charge in [-0.3, -0.25) is 19.3 Å². The number of anilines is 2. The molecule has 0 radical (unpaired) electrons. The summed E-state index contributed by atoms with van der Waals surface area (Å²) < 4.78 is 34.1. The van der Waals surface area contributed by atoms with E-state index in [2.05, 4.69) is 9.71 Å². The van der Waals surface area contributed by atoms with Crippen molar-refractivity contribution >= 4 is 44.8 Å². The minimum absolute atomic E-state index is 0.0245. The summed E-state index contributed by atoms with van der Waals surface area (Å²) >= 11 is 6.27. The van der Waals surface area contributed by atoms with Gasteiger partial charge in [-0.1, -0.05) is 44.5 Å². The number of amides is 2. The van der Waals surface area contributed by atoms with E-state index in [0.29, 0.717) is 12.4 Å². The van der Waals surface area contributed by atoms with E-state index in [-0.39, 0.29) is 37.8 Å². The molecule has 0 saturated carbocycles. The molecule has 4 rings (SSSR count). The van der Waals surface area contributed by atoms with Crippen molar-refractivity contribution in [1.29, 1.82) is 0 Å². The van der Waals surface area contributed by atoms with E-state index in [1.807, 2.05) is 20.8 Å². The topological polar surface area (TPSA) is 106 Å². The molecule has 8 nitrogen and oxygen atoms in total. The second-order valence-corrected chi connectivity index (χ2v) is 11.1. The normalized spacial score (nSPS) is 13.7. The Morgan fingerprint density at radius 3 is 2.29 bits per heavy atom. The highest BCUT2D eigenvalue weighted by atomic mass is 35.5. The van der Waals surface area contributed by atoms with Crippen LogP contribution in [0.3, 0.4) is 0 Å². The molecule has 0 atom stereocenters. The number of hydrogen-bond donors (Lipinski definition) is 1. The van der Waals surface area contributed by atoms with Gasteiger partial charge in [0, 0.05) is 6.07 Å². The van der Waals surface area contributed by atoms with Crippen LogP contribution in [-0.4, -0.2) is 31.8 Å². The van der Waals surface area contributed by atoms with E-state index >= 15 is 0 Å². The summed E-state index contributed by atoms with van der Waals surface area (Å²) in [5.41, 5.74) is 0.769. The zero-order chi connectivity index (χ0) is 25.5. The van der Waals surface area contributed by atoms with Crippen LogP contribution in [0.5, 0.6) is 5.75 Å². The molecule has 35 heavy (non-hydrogen) atoms. The Hall–Kier alpha value is -3.43. The van der Waals surface area contributed by atoms with Crippen LogP contribution in [0.2, 0.25) is 5.02 Å². The lowest BCUT2D eigenvalue weighted by Gasteiger charge is -2.19. The maximum Gasteiger partial charge on any atom is 0.268 e. The molecular formula is C25H24ClN3O5S. The molecule has 0 saturated heterocycles. The second kappa shape index (κ2) is 8.98. The lowest BCUT2D eigenvalue weighted by Crippen LogP contribution is -2.29. The van der Waals surface area contributed by atoms with Crippen molar-refractivity contribution in [2.75, 3.05) is 16.2 Å². The third-order valence-electron chi connectivity index (χ3n) is 5.53. The number of nitrogens with zero attached hydrogens (tertiary/aromatic N) is 2. The Bertz CT molecular complexity index is 1430. The van der Waals surface area contributed by atoms with Gasteiger partial charge in [-0.25, -0.2) is 13.3 Å². The smallest absolute Gasteiger partial charge is 0.268 e. The van der Waals surface area contributed by atoms with Crippen LogP contribution in [0.4, 0.5) is 11.4 Å². The Labute approximate surface area is 208 Å². The highest BCUT2D eigenvalue weighted by Gasteiger charge is 2.41. The maximum atomic E-state index is 13.4. The first-order chi connectivity index (χ1) is 16.4. The zero-order valence-electron chi connectivity index (χ0n) is 19.6. The number of imide groups is 1. The van der Waals surface area contributed by atoms with Crippen molar-refractivity contribution in [2.24, 2.45) is 0 Å². The monoisotopic (exact) mass is 513 g/mol. The largest absolute Gasteiger partial charge is 0.492 e. The number of halogens is 1. The van der Waals surface area contributed by atoms with E-state index in [0.717, 1.165) is 10.5 Å². The Morgan fingerprint density at radius 2 is 1.66 bits per heavy atom. The Morgan fingerprint density at radius 1 is 1.00 bits per heavy atom. The molecule has 1 aromatic heterocycles. The quantitative estimate of drug-likeness (QED) is 0.463. The maximum absolute atomic E-state index is 13.4. The Balaban J connectivity index is 1.72. The van der Waals surface area contributed by atoms with Crippen LogP contribution < -0.4 is 14.4 Å². The van der Waals surface area contributed by atoms with E-state index in [4.69, 9.17) is 16.3 Å². The summed E-state index contributed by atoms with van der Waals surface area (Å²) in [6, 6.07) is 10.8. The molecule has 2 amide bonds. The molecule has 0 fully saturated rings. The number of carbonyl (C=O) groups excluding carboxylic acids is 2. The standard InChI is InChI=1S/C25H24ClN3O5S/c1-5-34-17-12-16(13-27-14-17)29-23(30)21-19(26)10-11-20(22(21)24(29)31)28-35(32,33)18-8-6-15(7-9-18)25(2,3)4/h6-14,28H,5H2,1-4H3. The van der Waals surface area contributed by atoms with E-state index < -0.39 is 21.8 Å². The second-order valence-electron chi connectivity index (χ2n) is 8.98.